The van der Waals surface area contributed by atoms with Gasteiger partial charge in [-0.15, -0.1) is 4.09 Å². The Bertz CT molecular complexity index is 1660. The smallest absolute Gasteiger partial charge is 0.283 e. The number of anilines is 1. The first kappa shape index (κ1) is 28.4. The van der Waals surface area contributed by atoms with Crippen LogP contribution in [-0.4, -0.2) is 65.1 Å². The molecule has 40 heavy (non-hydrogen) atoms. The summed E-state index contributed by atoms with van der Waals surface area (Å²) in [6, 6.07) is 11.3. The molecule has 0 N–H and O–H groups in total. The van der Waals surface area contributed by atoms with Gasteiger partial charge in [-0.2, -0.15) is 0 Å². The molecular formula is C27H28Cl2FN5O4S. The second-order valence-corrected chi connectivity index (χ2v) is 13.3. The van der Waals surface area contributed by atoms with Crippen molar-refractivity contribution in [1.82, 2.24) is 13.7 Å². The van der Waals surface area contributed by atoms with Gasteiger partial charge in [0, 0.05) is 37.6 Å². The summed E-state index contributed by atoms with van der Waals surface area (Å²) in [5.41, 5.74) is 1.06. The Labute approximate surface area is 241 Å². The maximum Gasteiger partial charge on any atom is 0.283 e. The van der Waals surface area contributed by atoms with Crippen LogP contribution in [-0.2, 0) is 14.8 Å². The molecule has 1 fully saturated rings. The van der Waals surface area contributed by atoms with Crippen LogP contribution < -0.4 is 10.5 Å². The molecule has 0 spiro atoms. The minimum Gasteiger partial charge on any atom is -0.368 e. The van der Waals surface area contributed by atoms with Gasteiger partial charge in [0.15, 0.2) is 5.82 Å². The Morgan fingerprint density at radius 1 is 1.00 bits per heavy atom. The van der Waals surface area contributed by atoms with Gasteiger partial charge < -0.3 is 9.80 Å². The van der Waals surface area contributed by atoms with E-state index < -0.39 is 32.8 Å². The highest BCUT2D eigenvalue weighted by Gasteiger charge is 2.43. The monoisotopic (exact) mass is 607 g/mol. The maximum absolute atomic E-state index is 14.2. The van der Waals surface area contributed by atoms with E-state index in [0.29, 0.717) is 46.6 Å². The lowest BCUT2D eigenvalue weighted by atomic mass is 9.87. The van der Waals surface area contributed by atoms with Crippen molar-refractivity contribution in [3.63, 3.8) is 0 Å². The largest absolute Gasteiger partial charge is 0.368 e. The molecule has 2 aliphatic rings. The lowest BCUT2D eigenvalue weighted by molar-refractivity contribution is -0.134. The molecule has 212 valence electrons. The number of piperazine rings is 1. The number of rotatable bonds is 5. The van der Waals surface area contributed by atoms with Gasteiger partial charge in [0.05, 0.1) is 27.4 Å². The van der Waals surface area contributed by atoms with E-state index in [9.17, 15) is 22.4 Å². The van der Waals surface area contributed by atoms with Gasteiger partial charge in [0.2, 0.25) is 5.91 Å². The number of carbonyl (C=O) groups is 1. The SMILES string of the molecule is CC1=Nc2cc(=O)n(S(=O)(=O)C(C)C)n2C(c2ccc(Cl)c(Cl)c2)C1C(=O)N1CCN(c2ccc(F)cc2)CC1. The summed E-state index contributed by atoms with van der Waals surface area (Å²) >= 11 is 12.5. The third-order valence-electron chi connectivity index (χ3n) is 7.36. The van der Waals surface area contributed by atoms with E-state index in [-0.39, 0.29) is 22.6 Å². The van der Waals surface area contributed by atoms with Crippen molar-refractivity contribution >= 4 is 56.3 Å². The number of nitrogens with zero attached hydrogens (tertiary/aromatic N) is 5. The topological polar surface area (TPSA) is 97.0 Å². The van der Waals surface area contributed by atoms with Crippen molar-refractivity contribution in [2.75, 3.05) is 31.1 Å². The number of hydrogen-bond acceptors (Lipinski definition) is 6. The molecule has 1 aromatic heterocycles. The quantitative estimate of drug-likeness (QED) is 0.430. The molecule has 2 aromatic carbocycles. The van der Waals surface area contributed by atoms with Gasteiger partial charge in [-0.05, 0) is 62.7 Å². The number of amides is 1. The van der Waals surface area contributed by atoms with E-state index in [2.05, 4.69) is 9.89 Å². The zero-order valence-electron chi connectivity index (χ0n) is 22.1. The molecule has 1 amide bonds. The highest BCUT2D eigenvalue weighted by atomic mass is 35.5. The van der Waals surface area contributed by atoms with E-state index in [0.717, 1.165) is 11.8 Å². The Kier molecular flexibility index (Phi) is 7.58. The summed E-state index contributed by atoms with van der Waals surface area (Å²) in [5.74, 6) is -1.35. The van der Waals surface area contributed by atoms with Crippen molar-refractivity contribution in [2.24, 2.45) is 10.9 Å². The maximum atomic E-state index is 14.2. The van der Waals surface area contributed by atoms with Crippen molar-refractivity contribution < 1.29 is 17.6 Å². The van der Waals surface area contributed by atoms with Crippen LogP contribution in [0.15, 0.2) is 58.3 Å². The predicted octanol–water partition coefficient (Wildman–Crippen LogP) is 4.34. The first-order valence-corrected chi connectivity index (χ1v) is 15.0. The molecule has 0 bridgehead atoms. The minimum atomic E-state index is -4.12. The number of halogens is 3. The van der Waals surface area contributed by atoms with E-state index in [1.165, 1.54) is 30.7 Å². The number of fused-ring (bicyclic) bond motifs is 1. The lowest BCUT2D eigenvalue weighted by Crippen LogP contribution is -2.53. The third kappa shape index (κ3) is 4.95. The van der Waals surface area contributed by atoms with E-state index in [1.807, 2.05) is 0 Å². The molecule has 0 radical (unpaired) electrons. The zero-order chi connectivity index (χ0) is 28.9. The summed E-state index contributed by atoms with van der Waals surface area (Å²) in [4.78, 5) is 35.5. The van der Waals surface area contributed by atoms with Crippen LogP contribution in [0.25, 0.3) is 0 Å². The van der Waals surface area contributed by atoms with Crippen LogP contribution in [0.2, 0.25) is 10.0 Å². The van der Waals surface area contributed by atoms with Gasteiger partial charge in [0.1, 0.15) is 11.7 Å². The van der Waals surface area contributed by atoms with Gasteiger partial charge in [0.25, 0.3) is 15.6 Å². The van der Waals surface area contributed by atoms with Crippen molar-refractivity contribution in [1.29, 1.82) is 0 Å². The zero-order valence-corrected chi connectivity index (χ0v) is 24.4. The van der Waals surface area contributed by atoms with Gasteiger partial charge in [-0.25, -0.2) is 22.5 Å². The highest BCUT2D eigenvalue weighted by molar-refractivity contribution is 7.90. The van der Waals surface area contributed by atoms with Gasteiger partial charge >= 0.3 is 0 Å². The first-order chi connectivity index (χ1) is 18.9. The van der Waals surface area contributed by atoms with E-state index in [1.54, 1.807) is 42.2 Å². The van der Waals surface area contributed by atoms with Crippen molar-refractivity contribution in [3.8, 4) is 0 Å². The fourth-order valence-electron chi connectivity index (χ4n) is 5.22. The van der Waals surface area contributed by atoms with Crippen molar-refractivity contribution in [3.05, 3.63) is 80.3 Å². The Morgan fingerprint density at radius 3 is 2.25 bits per heavy atom. The van der Waals surface area contributed by atoms with Crippen LogP contribution in [0.1, 0.15) is 32.4 Å². The molecule has 3 heterocycles. The molecule has 3 aromatic rings. The molecule has 0 aliphatic carbocycles. The van der Waals surface area contributed by atoms with Crippen LogP contribution in [0.4, 0.5) is 15.9 Å². The summed E-state index contributed by atoms with van der Waals surface area (Å²) in [7, 11) is -4.12. The van der Waals surface area contributed by atoms with Crippen LogP contribution in [0.5, 0.6) is 0 Å². The second kappa shape index (κ2) is 10.7. The molecule has 9 nitrogen and oxygen atoms in total. The Balaban J connectivity index is 1.56. The predicted molar refractivity (Wildman–Crippen MR) is 154 cm³/mol. The van der Waals surface area contributed by atoms with Crippen LogP contribution in [0.3, 0.4) is 0 Å². The normalized spacial score (nSPS) is 19.5. The summed E-state index contributed by atoms with van der Waals surface area (Å²) < 4.78 is 42.1. The fraction of sp³-hybridized carbons (Fsp3) is 0.370. The molecular weight excluding hydrogens is 580 g/mol. The van der Waals surface area contributed by atoms with E-state index in [4.69, 9.17) is 23.2 Å². The Morgan fingerprint density at radius 2 is 1.65 bits per heavy atom. The summed E-state index contributed by atoms with van der Waals surface area (Å²) in [6.07, 6.45) is 0. The second-order valence-electron chi connectivity index (χ2n) is 10.2. The summed E-state index contributed by atoms with van der Waals surface area (Å²) in [6.45, 7) is 6.50. The molecule has 2 unspecified atom stereocenters. The molecule has 5 rings (SSSR count). The number of carbonyl (C=O) groups excluding carboxylic acids is 1. The minimum absolute atomic E-state index is 0.132. The standard InChI is InChI=1S/C27H28Cl2FN5O4S/c1-16(2)40(38,39)35-24(36)15-23-31-17(3)25(26(34(23)35)18-4-9-21(28)22(29)14-18)27(37)33-12-10-32(11-13-33)20-7-5-19(30)6-8-20/h4-9,14-16,25-26H,10-13H2,1-3H3. The molecule has 2 atom stereocenters. The molecule has 13 heteroatoms. The summed E-state index contributed by atoms with van der Waals surface area (Å²) in [5, 5.41) is -0.376. The lowest BCUT2D eigenvalue weighted by Gasteiger charge is -2.40. The molecule has 1 saturated heterocycles. The highest BCUT2D eigenvalue weighted by Crippen LogP contribution is 2.39. The van der Waals surface area contributed by atoms with Gasteiger partial charge in [-0.1, -0.05) is 29.3 Å². The number of aliphatic imine (C=N–C) groups is 1. The molecule has 2 aliphatic heterocycles. The third-order valence-corrected chi connectivity index (χ3v) is 10.1. The number of hydrogen-bond donors (Lipinski definition) is 0. The van der Waals surface area contributed by atoms with E-state index >= 15 is 0 Å². The Hall–Kier alpha value is -3.15. The van der Waals surface area contributed by atoms with Crippen molar-refractivity contribution in [2.45, 2.75) is 32.1 Å². The average Bonchev–Trinajstić information content (AvgIpc) is 3.25. The van der Waals surface area contributed by atoms with Crippen LogP contribution >= 0.6 is 23.2 Å². The van der Waals surface area contributed by atoms with Gasteiger partial charge in [-0.3, -0.25) is 9.59 Å². The average molecular weight is 609 g/mol. The fourth-order valence-corrected chi connectivity index (χ4v) is 6.65. The molecule has 0 saturated carbocycles. The van der Waals surface area contributed by atoms with Crippen LogP contribution in [0, 0.1) is 11.7 Å². The number of aromatic nitrogens is 2. The first-order valence-electron chi connectivity index (χ1n) is 12.8. The number of benzene rings is 2.